The zero-order valence-electron chi connectivity index (χ0n) is 47.4. The van der Waals surface area contributed by atoms with Crippen LogP contribution in [0.5, 0.6) is 0 Å². The molecule has 14 heteroatoms. The summed E-state index contributed by atoms with van der Waals surface area (Å²) in [7, 11) is 0. The topological polar surface area (TPSA) is 228 Å². The van der Waals surface area contributed by atoms with E-state index in [0.29, 0.717) is 12.8 Å². The fourth-order valence-electron chi connectivity index (χ4n) is 10.8. The second-order valence-corrected chi connectivity index (χ2v) is 22.6. The van der Waals surface area contributed by atoms with E-state index in [1.165, 1.54) is 205 Å². The third-order valence-electron chi connectivity index (χ3n) is 15.8. The van der Waals surface area contributed by atoms with E-state index in [9.17, 15) is 45.6 Å². The number of ether oxygens (including phenoxy) is 4. The van der Waals surface area contributed by atoms with Gasteiger partial charge in [-0.3, -0.25) is 4.79 Å². The van der Waals surface area contributed by atoms with Gasteiger partial charge in [0.2, 0.25) is 5.91 Å². The van der Waals surface area contributed by atoms with Gasteiger partial charge in [-0.05, 0) is 12.8 Å². The van der Waals surface area contributed by atoms with Gasteiger partial charge in [-0.2, -0.15) is 0 Å². The van der Waals surface area contributed by atoms with Crippen molar-refractivity contribution in [2.24, 2.45) is 0 Å². The lowest BCUT2D eigenvalue weighted by molar-refractivity contribution is -0.359. The largest absolute Gasteiger partial charge is 0.394 e. The maximum absolute atomic E-state index is 13.3. The Labute approximate surface area is 451 Å². The van der Waals surface area contributed by atoms with Crippen molar-refractivity contribution in [1.29, 1.82) is 0 Å². The van der Waals surface area contributed by atoms with Crippen LogP contribution < -0.4 is 5.32 Å². The van der Waals surface area contributed by atoms with Gasteiger partial charge in [-0.25, -0.2) is 0 Å². The molecule has 2 rings (SSSR count). The van der Waals surface area contributed by atoms with E-state index < -0.39 is 86.8 Å². The molecule has 2 heterocycles. The number of carbonyl (C=O) groups is 1. The standard InChI is InChI=1S/C60H117NO13/c1-3-5-7-9-11-13-15-16-17-18-19-20-21-22-23-24-25-26-27-28-29-30-31-32-34-36-38-40-42-44-52(65)61-48(49(64)43-41-39-37-35-33-14-12-10-8-6-4-2)47-71-59-57(70)55(68)58(51(46-63)73-59)74-60-56(69)54(67)53(66)50(45-62)72-60/h48-51,53-60,62-64,66-70H,3-47H2,1-2H3,(H,61,65). The Morgan fingerprint density at radius 2 is 0.770 bits per heavy atom. The molecule has 0 aromatic carbocycles. The third-order valence-corrected chi connectivity index (χ3v) is 15.8. The van der Waals surface area contributed by atoms with Gasteiger partial charge in [0.05, 0.1) is 32.0 Å². The molecule has 2 fully saturated rings. The Hall–Kier alpha value is -1.01. The van der Waals surface area contributed by atoms with Crippen molar-refractivity contribution in [2.45, 2.75) is 357 Å². The number of hydrogen-bond donors (Lipinski definition) is 9. The average Bonchev–Trinajstić information content (AvgIpc) is 3.40. The molecule has 1 amide bonds. The predicted molar refractivity (Wildman–Crippen MR) is 296 cm³/mol. The SMILES string of the molecule is CCCCCCCCCCCCCCCCCCCCCCCCCCCCCCCC(=O)NC(COC1OC(CO)C(OC2OC(CO)C(O)C(O)C2O)C(O)C1O)C(O)CCCCCCCCCCCCC. The number of carbonyl (C=O) groups excluding carboxylic acids is 1. The minimum absolute atomic E-state index is 0.201. The van der Waals surface area contributed by atoms with Crippen molar-refractivity contribution in [3.63, 3.8) is 0 Å². The van der Waals surface area contributed by atoms with E-state index >= 15 is 0 Å². The second-order valence-electron chi connectivity index (χ2n) is 22.6. The fourth-order valence-corrected chi connectivity index (χ4v) is 10.8. The van der Waals surface area contributed by atoms with Gasteiger partial charge < -0.3 is 65.1 Å². The van der Waals surface area contributed by atoms with Crippen LogP contribution in [0.2, 0.25) is 0 Å². The first-order valence-corrected chi connectivity index (χ1v) is 31.3. The summed E-state index contributed by atoms with van der Waals surface area (Å²) >= 11 is 0. The summed E-state index contributed by atoms with van der Waals surface area (Å²) in [5.74, 6) is -0.201. The second kappa shape index (κ2) is 46.9. The number of nitrogens with one attached hydrogen (secondary N) is 1. The summed E-state index contributed by atoms with van der Waals surface area (Å²) < 4.78 is 22.8. The molecule has 2 aliphatic rings. The number of aliphatic hydroxyl groups excluding tert-OH is 8. The lowest BCUT2D eigenvalue weighted by Crippen LogP contribution is -2.65. The van der Waals surface area contributed by atoms with Crippen LogP contribution in [0.25, 0.3) is 0 Å². The first-order chi connectivity index (χ1) is 36.1. The Morgan fingerprint density at radius 1 is 0.432 bits per heavy atom. The Kier molecular flexibility index (Phi) is 43.8. The predicted octanol–water partition coefficient (Wildman–Crippen LogP) is 10.9. The van der Waals surface area contributed by atoms with Gasteiger partial charge in [-0.1, -0.05) is 264 Å². The van der Waals surface area contributed by atoms with Crippen molar-refractivity contribution >= 4 is 5.91 Å². The van der Waals surface area contributed by atoms with Gasteiger partial charge in [-0.15, -0.1) is 0 Å². The highest BCUT2D eigenvalue weighted by Gasteiger charge is 2.51. The van der Waals surface area contributed by atoms with Crippen LogP contribution in [0.15, 0.2) is 0 Å². The summed E-state index contributed by atoms with van der Waals surface area (Å²) in [5, 5.41) is 87.1. The molecule has 0 spiro atoms. The highest BCUT2D eigenvalue weighted by Crippen LogP contribution is 2.30. The quantitative estimate of drug-likeness (QED) is 0.0259. The third kappa shape index (κ3) is 32.2. The zero-order valence-corrected chi connectivity index (χ0v) is 47.4. The number of amides is 1. The molecule has 74 heavy (non-hydrogen) atoms. The Bertz CT molecular complexity index is 1250. The Balaban J connectivity index is 1.63. The van der Waals surface area contributed by atoms with Crippen molar-refractivity contribution < 1.29 is 64.6 Å². The molecule has 0 aromatic heterocycles. The van der Waals surface area contributed by atoms with E-state index in [0.717, 1.165) is 51.4 Å². The summed E-state index contributed by atoms with van der Waals surface area (Å²) in [6.07, 6.45) is 35.6. The van der Waals surface area contributed by atoms with Crippen molar-refractivity contribution in [1.82, 2.24) is 5.32 Å². The molecule has 9 N–H and O–H groups in total. The smallest absolute Gasteiger partial charge is 0.220 e. The van der Waals surface area contributed by atoms with Gasteiger partial charge in [0, 0.05) is 6.42 Å². The first-order valence-electron chi connectivity index (χ1n) is 31.3. The van der Waals surface area contributed by atoms with Crippen molar-refractivity contribution in [3.8, 4) is 0 Å². The molecule has 0 aromatic rings. The number of unbranched alkanes of at least 4 members (excludes halogenated alkanes) is 38. The van der Waals surface area contributed by atoms with Crippen LogP contribution >= 0.6 is 0 Å². The molecule has 12 unspecified atom stereocenters. The average molecular weight is 1060 g/mol. The van der Waals surface area contributed by atoms with Crippen LogP contribution in [0.3, 0.4) is 0 Å². The van der Waals surface area contributed by atoms with Crippen LogP contribution in [0.1, 0.15) is 284 Å². The molecule has 12 atom stereocenters. The van der Waals surface area contributed by atoms with Crippen molar-refractivity contribution in [3.05, 3.63) is 0 Å². The molecule has 2 aliphatic heterocycles. The van der Waals surface area contributed by atoms with Crippen LogP contribution in [0.4, 0.5) is 0 Å². The zero-order chi connectivity index (χ0) is 53.9. The first kappa shape index (κ1) is 69.1. The van der Waals surface area contributed by atoms with Gasteiger partial charge in [0.1, 0.15) is 48.8 Å². The summed E-state index contributed by atoms with van der Waals surface area (Å²) in [6, 6.07) is -0.821. The molecule has 0 radical (unpaired) electrons. The highest BCUT2D eigenvalue weighted by atomic mass is 16.7. The summed E-state index contributed by atoms with van der Waals surface area (Å²) in [4.78, 5) is 13.3. The van der Waals surface area contributed by atoms with Crippen LogP contribution in [0, 0.1) is 0 Å². The van der Waals surface area contributed by atoms with E-state index in [-0.39, 0.29) is 12.5 Å². The molecular formula is C60H117NO13. The minimum atomic E-state index is -1.78. The van der Waals surface area contributed by atoms with Gasteiger partial charge in [0.15, 0.2) is 12.6 Å². The van der Waals surface area contributed by atoms with Crippen LogP contribution in [-0.2, 0) is 23.7 Å². The number of rotatable bonds is 51. The Morgan fingerprint density at radius 3 is 1.15 bits per heavy atom. The maximum Gasteiger partial charge on any atom is 0.220 e. The molecule has 0 aliphatic carbocycles. The van der Waals surface area contributed by atoms with Crippen molar-refractivity contribution in [2.75, 3.05) is 19.8 Å². The summed E-state index contributed by atoms with van der Waals surface area (Å²) in [6.45, 7) is 2.88. The van der Waals surface area contributed by atoms with E-state index in [1.807, 2.05) is 0 Å². The fraction of sp³-hybridized carbons (Fsp3) is 0.983. The van der Waals surface area contributed by atoms with E-state index in [1.54, 1.807) is 0 Å². The lowest BCUT2D eigenvalue weighted by atomic mass is 9.97. The molecule has 2 saturated heterocycles. The maximum atomic E-state index is 13.3. The molecule has 14 nitrogen and oxygen atoms in total. The minimum Gasteiger partial charge on any atom is -0.394 e. The van der Waals surface area contributed by atoms with E-state index in [4.69, 9.17) is 18.9 Å². The number of hydrogen-bond acceptors (Lipinski definition) is 13. The lowest BCUT2D eigenvalue weighted by Gasteiger charge is -2.46. The van der Waals surface area contributed by atoms with Gasteiger partial charge in [0.25, 0.3) is 0 Å². The molecular weight excluding hydrogens is 943 g/mol. The van der Waals surface area contributed by atoms with E-state index in [2.05, 4.69) is 19.2 Å². The number of aliphatic hydroxyl groups is 8. The monoisotopic (exact) mass is 1060 g/mol. The summed E-state index contributed by atoms with van der Waals surface area (Å²) in [5.41, 5.74) is 0. The highest BCUT2D eigenvalue weighted by molar-refractivity contribution is 5.76. The molecule has 0 saturated carbocycles. The molecule has 440 valence electrons. The normalized spacial score (nSPS) is 25.1. The van der Waals surface area contributed by atoms with Crippen LogP contribution in [-0.4, -0.2) is 140 Å². The molecule has 0 bridgehead atoms. The van der Waals surface area contributed by atoms with Gasteiger partial charge >= 0.3 is 0 Å².